The first-order valence-electron chi connectivity index (χ1n) is 18.9. The van der Waals surface area contributed by atoms with Crippen LogP contribution in [-0.2, 0) is 0 Å². The molecule has 3 heterocycles. The zero-order valence-corrected chi connectivity index (χ0v) is 30.3. The maximum Gasteiger partial charge on any atom is 0.164 e. The molecule has 0 aliphatic carbocycles. The van der Waals surface area contributed by atoms with E-state index in [0.29, 0.717) is 17.5 Å². The molecule has 0 fully saturated rings. The van der Waals surface area contributed by atoms with E-state index in [1.54, 1.807) is 0 Å². The molecular formula is C51H33N5. The molecule has 3 aromatic heterocycles. The normalized spacial score (nSPS) is 11.6. The Balaban J connectivity index is 1.07. The van der Waals surface area contributed by atoms with Crippen LogP contribution in [0.3, 0.4) is 0 Å². The van der Waals surface area contributed by atoms with Crippen LogP contribution in [0.4, 0.5) is 0 Å². The van der Waals surface area contributed by atoms with Crippen LogP contribution < -0.4 is 0 Å². The lowest BCUT2D eigenvalue weighted by Gasteiger charge is -2.12. The Bertz CT molecular complexity index is 3200. The highest BCUT2D eigenvalue weighted by Gasteiger charge is 2.18. The summed E-state index contributed by atoms with van der Waals surface area (Å²) in [6.07, 6.45) is 0. The molecule has 0 aliphatic rings. The summed E-state index contributed by atoms with van der Waals surface area (Å²) in [4.78, 5) is 15.2. The lowest BCUT2D eigenvalue weighted by Crippen LogP contribution is -2.01. The van der Waals surface area contributed by atoms with Crippen molar-refractivity contribution in [3.05, 3.63) is 200 Å². The van der Waals surface area contributed by atoms with E-state index in [2.05, 4.69) is 173 Å². The van der Waals surface area contributed by atoms with Gasteiger partial charge in [0.1, 0.15) is 0 Å². The molecule has 0 N–H and O–H groups in total. The topological polar surface area (TPSA) is 48.5 Å². The average molecular weight is 716 g/mol. The monoisotopic (exact) mass is 715 g/mol. The van der Waals surface area contributed by atoms with Gasteiger partial charge in [-0.15, -0.1) is 0 Å². The SMILES string of the molecule is c1ccc(-c2cccc(-c3nc(-c4ccccc4)nc(-c4cccc(-n5c6ccccc6c6cc(-n7c8ccccc8c8ccccc87)ccc65)c4)n3)c2)cc1. The van der Waals surface area contributed by atoms with Gasteiger partial charge >= 0.3 is 0 Å². The molecule has 262 valence electrons. The number of hydrogen-bond acceptors (Lipinski definition) is 3. The Morgan fingerprint density at radius 3 is 1.27 bits per heavy atom. The van der Waals surface area contributed by atoms with Crippen molar-refractivity contribution in [3.63, 3.8) is 0 Å². The van der Waals surface area contributed by atoms with E-state index in [9.17, 15) is 0 Å². The Hall–Kier alpha value is -7.63. The van der Waals surface area contributed by atoms with Gasteiger partial charge in [0.05, 0.1) is 22.1 Å². The quantitative estimate of drug-likeness (QED) is 0.172. The summed E-state index contributed by atoms with van der Waals surface area (Å²) >= 11 is 0. The standard InChI is InChI=1S/C51H33N5/c1-3-15-34(16-4-1)36-19-13-20-37(31-36)50-52-49(35-17-5-2-6-18-35)53-51(54-50)38-21-14-22-39(32-38)55-47-28-12-9-25-43(47)44-33-40(29-30-48(44)55)56-45-26-10-7-23-41(45)42-24-8-11-27-46(42)56/h1-33H. The minimum atomic E-state index is 0.621. The van der Waals surface area contributed by atoms with Crippen molar-refractivity contribution < 1.29 is 0 Å². The Morgan fingerprint density at radius 1 is 0.250 bits per heavy atom. The van der Waals surface area contributed by atoms with Gasteiger partial charge in [0.2, 0.25) is 0 Å². The molecule has 0 radical (unpaired) electrons. The molecule has 0 unspecified atom stereocenters. The van der Waals surface area contributed by atoms with E-state index in [1.807, 2.05) is 36.4 Å². The van der Waals surface area contributed by atoms with E-state index >= 15 is 0 Å². The Kier molecular flexibility index (Phi) is 7.42. The second-order valence-electron chi connectivity index (χ2n) is 14.1. The molecule has 0 saturated carbocycles. The molecule has 0 spiro atoms. The van der Waals surface area contributed by atoms with Crippen LogP contribution in [0.2, 0.25) is 0 Å². The Labute approximate surface area is 323 Å². The molecule has 11 rings (SSSR count). The molecule has 0 amide bonds. The molecule has 0 saturated heterocycles. The predicted octanol–water partition coefficient (Wildman–Crippen LogP) is 12.7. The van der Waals surface area contributed by atoms with Crippen molar-refractivity contribution in [2.75, 3.05) is 0 Å². The minimum Gasteiger partial charge on any atom is -0.309 e. The van der Waals surface area contributed by atoms with Crippen molar-refractivity contribution in [2.45, 2.75) is 0 Å². The van der Waals surface area contributed by atoms with Crippen LogP contribution in [0.25, 0.3) is 100 Å². The fourth-order valence-electron chi connectivity index (χ4n) is 8.18. The summed E-state index contributed by atoms with van der Waals surface area (Å²) in [6.45, 7) is 0. The number of aromatic nitrogens is 5. The number of fused-ring (bicyclic) bond motifs is 6. The molecule has 11 aromatic rings. The van der Waals surface area contributed by atoms with E-state index < -0.39 is 0 Å². The maximum atomic E-state index is 5.14. The van der Waals surface area contributed by atoms with Gasteiger partial charge in [-0.2, -0.15) is 0 Å². The molecule has 0 atom stereocenters. The largest absolute Gasteiger partial charge is 0.309 e. The number of rotatable bonds is 6. The maximum absolute atomic E-state index is 5.14. The van der Waals surface area contributed by atoms with Crippen LogP contribution in [-0.4, -0.2) is 24.1 Å². The minimum absolute atomic E-state index is 0.621. The van der Waals surface area contributed by atoms with Crippen LogP contribution >= 0.6 is 0 Å². The van der Waals surface area contributed by atoms with Crippen molar-refractivity contribution in [2.24, 2.45) is 0 Å². The lowest BCUT2D eigenvalue weighted by atomic mass is 10.0. The van der Waals surface area contributed by atoms with Gasteiger partial charge in [-0.05, 0) is 65.7 Å². The van der Waals surface area contributed by atoms with E-state index in [1.165, 1.54) is 32.6 Å². The third kappa shape index (κ3) is 5.29. The molecule has 56 heavy (non-hydrogen) atoms. The molecule has 8 aromatic carbocycles. The van der Waals surface area contributed by atoms with Gasteiger partial charge in [-0.3, -0.25) is 0 Å². The van der Waals surface area contributed by atoms with Crippen LogP contribution in [0.15, 0.2) is 200 Å². The van der Waals surface area contributed by atoms with Gasteiger partial charge < -0.3 is 9.13 Å². The molecule has 0 aliphatic heterocycles. The van der Waals surface area contributed by atoms with Gasteiger partial charge in [-0.1, -0.05) is 146 Å². The zero-order valence-electron chi connectivity index (χ0n) is 30.3. The third-order valence-corrected chi connectivity index (χ3v) is 10.8. The van der Waals surface area contributed by atoms with E-state index in [-0.39, 0.29) is 0 Å². The average Bonchev–Trinajstić information content (AvgIpc) is 3.79. The highest BCUT2D eigenvalue weighted by Crippen LogP contribution is 2.37. The Morgan fingerprint density at radius 2 is 0.661 bits per heavy atom. The number of benzene rings is 8. The first-order valence-corrected chi connectivity index (χ1v) is 18.9. The fraction of sp³-hybridized carbons (Fsp3) is 0. The second kappa shape index (κ2) is 13.0. The predicted molar refractivity (Wildman–Crippen MR) is 230 cm³/mol. The second-order valence-corrected chi connectivity index (χ2v) is 14.1. The van der Waals surface area contributed by atoms with Gasteiger partial charge in [0, 0.05) is 49.6 Å². The smallest absolute Gasteiger partial charge is 0.164 e. The van der Waals surface area contributed by atoms with Crippen molar-refractivity contribution >= 4 is 43.6 Å². The highest BCUT2D eigenvalue weighted by molar-refractivity contribution is 6.12. The van der Waals surface area contributed by atoms with E-state index in [0.717, 1.165) is 50.2 Å². The summed E-state index contributed by atoms with van der Waals surface area (Å²) in [7, 11) is 0. The van der Waals surface area contributed by atoms with Gasteiger partial charge in [-0.25, -0.2) is 15.0 Å². The zero-order chi connectivity index (χ0) is 37.0. The highest BCUT2D eigenvalue weighted by atomic mass is 15.0. The molecule has 5 nitrogen and oxygen atoms in total. The van der Waals surface area contributed by atoms with Gasteiger partial charge in [0.25, 0.3) is 0 Å². The summed E-state index contributed by atoms with van der Waals surface area (Å²) in [6, 6.07) is 70.4. The summed E-state index contributed by atoms with van der Waals surface area (Å²) < 4.78 is 4.74. The molecule has 0 bridgehead atoms. The number of nitrogens with zero attached hydrogens (tertiary/aromatic N) is 5. The third-order valence-electron chi connectivity index (χ3n) is 10.8. The summed E-state index contributed by atoms with van der Waals surface area (Å²) in [5.41, 5.74) is 11.9. The van der Waals surface area contributed by atoms with Crippen LogP contribution in [0.5, 0.6) is 0 Å². The first kappa shape index (κ1) is 31.9. The van der Waals surface area contributed by atoms with E-state index in [4.69, 9.17) is 15.0 Å². The van der Waals surface area contributed by atoms with Crippen LogP contribution in [0.1, 0.15) is 0 Å². The fourth-order valence-corrected chi connectivity index (χ4v) is 8.18. The van der Waals surface area contributed by atoms with Crippen molar-refractivity contribution in [1.29, 1.82) is 0 Å². The van der Waals surface area contributed by atoms with Crippen molar-refractivity contribution in [3.8, 4) is 56.7 Å². The van der Waals surface area contributed by atoms with Gasteiger partial charge in [0.15, 0.2) is 17.5 Å². The molecule has 5 heteroatoms. The summed E-state index contributed by atoms with van der Waals surface area (Å²) in [5.74, 6) is 1.89. The first-order chi connectivity index (χ1) is 27.8. The van der Waals surface area contributed by atoms with Crippen LogP contribution in [0, 0.1) is 0 Å². The summed E-state index contributed by atoms with van der Waals surface area (Å²) in [5, 5.41) is 4.90. The number of para-hydroxylation sites is 3. The molecular weight excluding hydrogens is 683 g/mol. The van der Waals surface area contributed by atoms with Crippen molar-refractivity contribution in [1.82, 2.24) is 24.1 Å². The number of hydrogen-bond donors (Lipinski definition) is 0. The lowest BCUT2D eigenvalue weighted by molar-refractivity contribution is 1.07.